The number of pyridine rings is 1. The van der Waals surface area contributed by atoms with Crippen molar-refractivity contribution in [3.63, 3.8) is 0 Å². The molecule has 0 fully saturated rings. The molecule has 0 atom stereocenters. The van der Waals surface area contributed by atoms with Gasteiger partial charge in [0.25, 0.3) is 0 Å². The van der Waals surface area contributed by atoms with E-state index in [1.807, 2.05) is 30.5 Å². The lowest BCUT2D eigenvalue weighted by atomic mass is 10.1. The molecule has 0 amide bonds. The zero-order valence-electron chi connectivity index (χ0n) is 9.61. The van der Waals surface area contributed by atoms with E-state index in [-0.39, 0.29) is 5.84 Å². The lowest BCUT2D eigenvalue weighted by Gasteiger charge is -2.06. The van der Waals surface area contributed by atoms with Crippen molar-refractivity contribution in [1.82, 2.24) is 10.3 Å². The largest absolute Gasteiger partial charge is 0.387 e. The molecule has 0 unspecified atom stereocenters. The molecule has 0 spiro atoms. The Morgan fingerprint density at radius 1 is 1.29 bits per heavy atom. The Labute approximate surface area is 100 Å². The third-order valence-corrected chi connectivity index (χ3v) is 2.63. The molecule has 0 aliphatic heterocycles. The number of aromatic nitrogens is 1. The fraction of sp³-hybridized carbons (Fsp3) is 0.231. The topological polar surface area (TPSA) is 74.8 Å². The van der Waals surface area contributed by atoms with Crippen LogP contribution in [0, 0.1) is 5.41 Å². The highest BCUT2D eigenvalue weighted by Gasteiger charge is 2.00. The summed E-state index contributed by atoms with van der Waals surface area (Å²) in [6.45, 7) is 1.26. The molecule has 0 bridgehead atoms. The fourth-order valence-corrected chi connectivity index (χ4v) is 1.82. The first-order valence-electron chi connectivity index (χ1n) is 5.63. The van der Waals surface area contributed by atoms with Gasteiger partial charge in [0.2, 0.25) is 0 Å². The summed E-state index contributed by atoms with van der Waals surface area (Å²) in [7, 11) is 0. The number of nitrogens with zero attached hydrogens (tertiary/aromatic N) is 1. The van der Waals surface area contributed by atoms with Crippen molar-refractivity contribution < 1.29 is 0 Å². The number of nitrogens with one attached hydrogen (secondary N) is 2. The van der Waals surface area contributed by atoms with Crippen LogP contribution in [0.15, 0.2) is 36.5 Å². The van der Waals surface area contributed by atoms with E-state index in [2.05, 4.69) is 16.4 Å². The fourth-order valence-electron chi connectivity index (χ4n) is 1.82. The van der Waals surface area contributed by atoms with Gasteiger partial charge in [-0.2, -0.15) is 0 Å². The summed E-state index contributed by atoms with van der Waals surface area (Å²) >= 11 is 0. The first-order chi connectivity index (χ1) is 8.27. The normalized spacial score (nSPS) is 10.6. The maximum Gasteiger partial charge on any atom is 0.105 e. The molecule has 0 aliphatic carbocycles. The Morgan fingerprint density at radius 3 is 2.94 bits per heavy atom. The SMILES string of the molecule is N=C(N)CNCCc1ccnc2ccccc12. The van der Waals surface area contributed by atoms with Crippen molar-refractivity contribution >= 4 is 16.7 Å². The molecule has 2 aromatic rings. The molecule has 0 saturated carbocycles. The van der Waals surface area contributed by atoms with Gasteiger partial charge in [0.1, 0.15) is 5.84 Å². The third kappa shape index (κ3) is 3.01. The van der Waals surface area contributed by atoms with Crippen LogP contribution >= 0.6 is 0 Å². The Kier molecular flexibility index (Phi) is 3.67. The molecule has 0 radical (unpaired) electrons. The highest BCUT2D eigenvalue weighted by Crippen LogP contribution is 2.16. The molecule has 2 rings (SSSR count). The van der Waals surface area contributed by atoms with Crippen molar-refractivity contribution in [3.05, 3.63) is 42.1 Å². The molecular weight excluding hydrogens is 212 g/mol. The van der Waals surface area contributed by atoms with Gasteiger partial charge < -0.3 is 11.1 Å². The minimum absolute atomic E-state index is 0.171. The zero-order valence-corrected chi connectivity index (χ0v) is 9.61. The maximum atomic E-state index is 7.11. The number of hydrogen-bond donors (Lipinski definition) is 3. The minimum atomic E-state index is 0.171. The summed E-state index contributed by atoms with van der Waals surface area (Å²) in [5.41, 5.74) is 7.57. The lowest BCUT2D eigenvalue weighted by Crippen LogP contribution is -2.29. The van der Waals surface area contributed by atoms with E-state index in [0.29, 0.717) is 6.54 Å². The molecule has 4 N–H and O–H groups in total. The second-order valence-electron chi connectivity index (χ2n) is 3.94. The number of rotatable bonds is 5. The molecule has 1 aromatic carbocycles. The van der Waals surface area contributed by atoms with E-state index >= 15 is 0 Å². The average molecular weight is 228 g/mol. The standard InChI is InChI=1S/C13H16N4/c14-13(15)9-16-7-5-10-6-8-17-12-4-2-1-3-11(10)12/h1-4,6,8,16H,5,7,9H2,(H3,14,15). The van der Waals surface area contributed by atoms with Crippen LogP contribution < -0.4 is 11.1 Å². The second-order valence-corrected chi connectivity index (χ2v) is 3.94. The highest BCUT2D eigenvalue weighted by molar-refractivity contribution is 5.81. The Bertz CT molecular complexity index is 516. The smallest absolute Gasteiger partial charge is 0.105 e. The number of para-hydroxylation sites is 1. The van der Waals surface area contributed by atoms with Crippen molar-refractivity contribution in [2.75, 3.05) is 13.1 Å². The van der Waals surface area contributed by atoms with Crippen LogP contribution in [-0.2, 0) is 6.42 Å². The van der Waals surface area contributed by atoms with Gasteiger partial charge in [-0.3, -0.25) is 10.4 Å². The van der Waals surface area contributed by atoms with Crippen LogP contribution in [-0.4, -0.2) is 23.9 Å². The minimum Gasteiger partial charge on any atom is -0.387 e. The molecule has 0 aliphatic rings. The second kappa shape index (κ2) is 5.41. The maximum absolute atomic E-state index is 7.11. The van der Waals surface area contributed by atoms with Crippen LogP contribution in [0.3, 0.4) is 0 Å². The average Bonchev–Trinajstić information content (AvgIpc) is 2.34. The first kappa shape index (κ1) is 11.5. The van der Waals surface area contributed by atoms with Crippen LogP contribution in [0.2, 0.25) is 0 Å². The summed E-state index contributed by atoms with van der Waals surface area (Å²) in [6, 6.07) is 10.2. The number of benzene rings is 1. The Morgan fingerprint density at radius 2 is 2.12 bits per heavy atom. The van der Waals surface area contributed by atoms with Crippen molar-refractivity contribution in [3.8, 4) is 0 Å². The predicted molar refractivity (Wildman–Crippen MR) is 70.2 cm³/mol. The van der Waals surface area contributed by atoms with Crippen molar-refractivity contribution in [1.29, 1.82) is 5.41 Å². The van der Waals surface area contributed by atoms with Gasteiger partial charge in [0, 0.05) is 11.6 Å². The van der Waals surface area contributed by atoms with Crippen LogP contribution in [0.4, 0.5) is 0 Å². The molecule has 0 saturated heterocycles. The van der Waals surface area contributed by atoms with Gasteiger partial charge in [-0.25, -0.2) is 0 Å². The number of nitrogens with two attached hydrogens (primary N) is 1. The van der Waals surface area contributed by atoms with Gasteiger partial charge in [-0.15, -0.1) is 0 Å². The first-order valence-corrected chi connectivity index (χ1v) is 5.63. The molecule has 17 heavy (non-hydrogen) atoms. The Balaban J connectivity index is 2.05. The molecular formula is C13H16N4. The van der Waals surface area contributed by atoms with E-state index in [1.165, 1.54) is 10.9 Å². The van der Waals surface area contributed by atoms with Gasteiger partial charge >= 0.3 is 0 Å². The van der Waals surface area contributed by atoms with Crippen LogP contribution in [0.25, 0.3) is 10.9 Å². The van der Waals surface area contributed by atoms with E-state index in [9.17, 15) is 0 Å². The number of fused-ring (bicyclic) bond motifs is 1. The third-order valence-electron chi connectivity index (χ3n) is 2.63. The van der Waals surface area contributed by atoms with E-state index in [0.717, 1.165) is 18.5 Å². The quantitative estimate of drug-likeness (QED) is 0.410. The van der Waals surface area contributed by atoms with Gasteiger partial charge in [0.05, 0.1) is 12.1 Å². The monoisotopic (exact) mass is 228 g/mol. The summed E-state index contributed by atoms with van der Waals surface area (Å²) in [5, 5.41) is 11.4. The summed E-state index contributed by atoms with van der Waals surface area (Å²) < 4.78 is 0. The van der Waals surface area contributed by atoms with Gasteiger partial charge in [-0.05, 0) is 30.7 Å². The molecule has 4 heteroatoms. The highest BCUT2D eigenvalue weighted by atomic mass is 14.9. The summed E-state index contributed by atoms with van der Waals surface area (Å²) in [6.07, 6.45) is 2.75. The number of amidine groups is 1. The van der Waals surface area contributed by atoms with Crippen LogP contribution in [0.1, 0.15) is 5.56 Å². The van der Waals surface area contributed by atoms with Crippen molar-refractivity contribution in [2.24, 2.45) is 5.73 Å². The Hall–Kier alpha value is -1.94. The lowest BCUT2D eigenvalue weighted by molar-refractivity contribution is 0.756. The molecule has 4 nitrogen and oxygen atoms in total. The predicted octanol–water partition coefficient (Wildman–Crippen LogP) is 1.30. The number of hydrogen-bond acceptors (Lipinski definition) is 3. The molecule has 1 aromatic heterocycles. The van der Waals surface area contributed by atoms with E-state index in [1.54, 1.807) is 0 Å². The van der Waals surface area contributed by atoms with Gasteiger partial charge in [0.15, 0.2) is 0 Å². The van der Waals surface area contributed by atoms with Crippen molar-refractivity contribution in [2.45, 2.75) is 6.42 Å². The van der Waals surface area contributed by atoms with Gasteiger partial charge in [-0.1, -0.05) is 18.2 Å². The summed E-state index contributed by atoms with van der Waals surface area (Å²) in [4.78, 5) is 4.32. The molecule has 1 heterocycles. The van der Waals surface area contributed by atoms with E-state index < -0.39 is 0 Å². The van der Waals surface area contributed by atoms with E-state index in [4.69, 9.17) is 11.1 Å². The molecule has 88 valence electrons. The van der Waals surface area contributed by atoms with Crippen LogP contribution in [0.5, 0.6) is 0 Å². The zero-order chi connectivity index (χ0) is 12.1. The summed E-state index contributed by atoms with van der Waals surface area (Å²) in [5.74, 6) is 0.171.